The third-order valence-electron chi connectivity index (χ3n) is 6.70. The minimum atomic E-state index is 0.340. The SMILES string of the molecule is CC1CC(=O)C=C2CCC3C4CCC(=O)C4CCC3C21. The highest BCUT2D eigenvalue weighted by Crippen LogP contribution is 2.56. The maximum Gasteiger partial charge on any atom is 0.155 e. The topological polar surface area (TPSA) is 34.1 Å². The molecule has 3 fully saturated rings. The first-order valence-electron chi connectivity index (χ1n) is 8.41. The molecule has 0 bridgehead atoms. The fourth-order valence-corrected chi connectivity index (χ4v) is 6.04. The van der Waals surface area contributed by atoms with Crippen molar-refractivity contribution in [1.29, 1.82) is 0 Å². The summed E-state index contributed by atoms with van der Waals surface area (Å²) in [6.07, 6.45) is 9.36. The quantitative estimate of drug-likeness (QED) is 0.676. The van der Waals surface area contributed by atoms with Crippen molar-refractivity contribution in [2.75, 3.05) is 0 Å². The van der Waals surface area contributed by atoms with E-state index < -0.39 is 0 Å². The Kier molecular flexibility index (Phi) is 2.90. The van der Waals surface area contributed by atoms with Crippen LogP contribution in [0.15, 0.2) is 11.6 Å². The van der Waals surface area contributed by atoms with Crippen LogP contribution < -0.4 is 0 Å². The summed E-state index contributed by atoms with van der Waals surface area (Å²) >= 11 is 0. The summed E-state index contributed by atoms with van der Waals surface area (Å²) in [5.41, 5.74) is 1.44. The highest BCUT2D eigenvalue weighted by Gasteiger charge is 2.51. The summed E-state index contributed by atoms with van der Waals surface area (Å²) in [5, 5.41) is 0. The number of Topliss-reactive ketones (excluding diaryl/α,β-unsaturated/α-hetero) is 1. The first-order chi connectivity index (χ1) is 9.65. The molecule has 4 aliphatic rings. The molecule has 2 heteroatoms. The Bertz CT molecular complexity index is 490. The summed E-state index contributed by atoms with van der Waals surface area (Å²) < 4.78 is 0. The van der Waals surface area contributed by atoms with Gasteiger partial charge in [-0.1, -0.05) is 12.5 Å². The Labute approximate surface area is 121 Å². The van der Waals surface area contributed by atoms with E-state index in [4.69, 9.17) is 0 Å². The molecule has 0 aromatic heterocycles. The number of fused-ring (bicyclic) bond motifs is 5. The molecular formula is C18H24O2. The van der Waals surface area contributed by atoms with Gasteiger partial charge in [-0.05, 0) is 67.8 Å². The minimum Gasteiger partial charge on any atom is -0.299 e. The van der Waals surface area contributed by atoms with Crippen LogP contribution in [-0.4, -0.2) is 11.6 Å². The molecule has 0 aromatic rings. The molecule has 0 N–H and O–H groups in total. The van der Waals surface area contributed by atoms with Gasteiger partial charge in [0.15, 0.2) is 5.78 Å². The second-order valence-electron chi connectivity index (χ2n) is 7.61. The molecule has 0 aliphatic heterocycles. The van der Waals surface area contributed by atoms with Gasteiger partial charge in [-0.25, -0.2) is 0 Å². The van der Waals surface area contributed by atoms with Crippen molar-refractivity contribution in [2.45, 2.75) is 51.9 Å². The van der Waals surface area contributed by atoms with Crippen molar-refractivity contribution < 1.29 is 9.59 Å². The number of hydrogen-bond donors (Lipinski definition) is 0. The summed E-state index contributed by atoms with van der Waals surface area (Å²) in [6.45, 7) is 2.27. The highest BCUT2D eigenvalue weighted by molar-refractivity contribution is 5.91. The Morgan fingerprint density at radius 3 is 2.60 bits per heavy atom. The van der Waals surface area contributed by atoms with E-state index in [1.54, 1.807) is 0 Å². The standard InChI is InChI=1S/C18H24O2/c1-10-8-12(19)9-11-2-3-14-13-6-7-17(20)15(13)4-5-16(14)18(10)11/h9-10,13-16,18H,2-8H2,1H3. The van der Waals surface area contributed by atoms with E-state index in [0.29, 0.717) is 35.2 Å². The van der Waals surface area contributed by atoms with E-state index in [2.05, 4.69) is 6.92 Å². The van der Waals surface area contributed by atoms with Crippen molar-refractivity contribution >= 4 is 11.6 Å². The zero-order chi connectivity index (χ0) is 13.9. The van der Waals surface area contributed by atoms with Gasteiger partial charge >= 0.3 is 0 Å². The Balaban J connectivity index is 1.64. The Hall–Kier alpha value is -0.920. The molecule has 0 radical (unpaired) electrons. The van der Waals surface area contributed by atoms with Gasteiger partial charge in [0.05, 0.1) is 0 Å². The van der Waals surface area contributed by atoms with E-state index in [9.17, 15) is 9.59 Å². The van der Waals surface area contributed by atoms with Crippen LogP contribution in [0, 0.1) is 35.5 Å². The van der Waals surface area contributed by atoms with Crippen molar-refractivity contribution in [3.63, 3.8) is 0 Å². The number of allylic oxidation sites excluding steroid dienone is 1. The van der Waals surface area contributed by atoms with E-state index in [1.165, 1.54) is 18.4 Å². The predicted molar refractivity (Wildman–Crippen MR) is 77.0 cm³/mol. The fourth-order valence-electron chi connectivity index (χ4n) is 6.04. The van der Waals surface area contributed by atoms with Crippen LogP contribution in [0.2, 0.25) is 0 Å². The molecule has 6 unspecified atom stereocenters. The second-order valence-corrected chi connectivity index (χ2v) is 7.61. The van der Waals surface area contributed by atoms with Gasteiger partial charge in [0.25, 0.3) is 0 Å². The first kappa shape index (κ1) is 12.8. The molecule has 0 spiro atoms. The lowest BCUT2D eigenvalue weighted by atomic mass is 9.54. The summed E-state index contributed by atoms with van der Waals surface area (Å²) in [7, 11) is 0. The van der Waals surface area contributed by atoms with Gasteiger partial charge in [-0.3, -0.25) is 9.59 Å². The van der Waals surface area contributed by atoms with Crippen LogP contribution in [0.3, 0.4) is 0 Å². The van der Waals surface area contributed by atoms with E-state index >= 15 is 0 Å². The Morgan fingerprint density at radius 2 is 1.75 bits per heavy atom. The number of hydrogen-bond acceptors (Lipinski definition) is 2. The molecule has 0 heterocycles. The second kappa shape index (κ2) is 4.54. The number of rotatable bonds is 0. The van der Waals surface area contributed by atoms with Gasteiger partial charge in [0.2, 0.25) is 0 Å². The Morgan fingerprint density at radius 1 is 0.950 bits per heavy atom. The van der Waals surface area contributed by atoms with Crippen molar-refractivity contribution in [3.8, 4) is 0 Å². The van der Waals surface area contributed by atoms with Crippen LogP contribution in [-0.2, 0) is 9.59 Å². The lowest BCUT2D eigenvalue weighted by Crippen LogP contribution is -2.44. The van der Waals surface area contributed by atoms with E-state index in [-0.39, 0.29) is 0 Å². The monoisotopic (exact) mass is 272 g/mol. The van der Waals surface area contributed by atoms with Crippen LogP contribution in [0.25, 0.3) is 0 Å². The number of carbonyl (C=O) groups excluding carboxylic acids is 2. The van der Waals surface area contributed by atoms with Crippen LogP contribution in [0.1, 0.15) is 51.9 Å². The highest BCUT2D eigenvalue weighted by atomic mass is 16.1. The smallest absolute Gasteiger partial charge is 0.155 e. The summed E-state index contributed by atoms with van der Waals surface area (Å²) in [5.74, 6) is 4.62. The molecule has 4 rings (SSSR count). The van der Waals surface area contributed by atoms with Crippen molar-refractivity contribution in [2.24, 2.45) is 35.5 Å². The predicted octanol–water partition coefficient (Wildman–Crippen LogP) is 3.55. The van der Waals surface area contributed by atoms with Gasteiger partial charge in [-0.2, -0.15) is 0 Å². The van der Waals surface area contributed by atoms with Gasteiger partial charge in [0.1, 0.15) is 5.78 Å². The van der Waals surface area contributed by atoms with Gasteiger partial charge < -0.3 is 0 Å². The van der Waals surface area contributed by atoms with Gasteiger partial charge in [-0.15, -0.1) is 0 Å². The van der Waals surface area contributed by atoms with Crippen LogP contribution >= 0.6 is 0 Å². The summed E-state index contributed by atoms with van der Waals surface area (Å²) in [4.78, 5) is 23.8. The molecule has 108 valence electrons. The normalized spacial score (nSPS) is 47.4. The number of carbonyl (C=O) groups is 2. The molecule has 0 aromatic carbocycles. The molecule has 0 saturated heterocycles. The molecule has 6 atom stereocenters. The minimum absolute atomic E-state index is 0.340. The maximum atomic E-state index is 12.0. The molecule has 4 aliphatic carbocycles. The van der Waals surface area contributed by atoms with Crippen molar-refractivity contribution in [3.05, 3.63) is 11.6 Å². The van der Waals surface area contributed by atoms with E-state index in [0.717, 1.165) is 43.9 Å². The lowest BCUT2D eigenvalue weighted by Gasteiger charge is -2.50. The first-order valence-corrected chi connectivity index (χ1v) is 8.41. The van der Waals surface area contributed by atoms with Crippen LogP contribution in [0.4, 0.5) is 0 Å². The maximum absolute atomic E-state index is 12.0. The average Bonchev–Trinajstić information content (AvgIpc) is 2.79. The van der Waals surface area contributed by atoms with Crippen molar-refractivity contribution in [1.82, 2.24) is 0 Å². The molecular weight excluding hydrogens is 248 g/mol. The summed E-state index contributed by atoms with van der Waals surface area (Å²) in [6, 6.07) is 0. The number of ketones is 2. The van der Waals surface area contributed by atoms with E-state index in [1.807, 2.05) is 6.08 Å². The molecule has 20 heavy (non-hydrogen) atoms. The third kappa shape index (κ3) is 1.76. The molecule has 2 nitrogen and oxygen atoms in total. The zero-order valence-corrected chi connectivity index (χ0v) is 12.3. The third-order valence-corrected chi connectivity index (χ3v) is 6.70. The lowest BCUT2D eigenvalue weighted by molar-refractivity contribution is -0.123. The van der Waals surface area contributed by atoms with Crippen LogP contribution in [0.5, 0.6) is 0 Å². The van der Waals surface area contributed by atoms with Gasteiger partial charge in [0, 0.05) is 18.8 Å². The molecule has 0 amide bonds. The molecule has 3 saturated carbocycles. The average molecular weight is 272 g/mol. The fraction of sp³-hybridized carbons (Fsp3) is 0.778. The largest absolute Gasteiger partial charge is 0.299 e. The zero-order valence-electron chi connectivity index (χ0n) is 12.3.